The first-order valence-electron chi connectivity index (χ1n) is 8.87. The molecule has 3 rings (SSSR count). The van der Waals surface area contributed by atoms with E-state index < -0.39 is 0 Å². The highest BCUT2D eigenvalue weighted by molar-refractivity contribution is 7.80. The van der Waals surface area contributed by atoms with Gasteiger partial charge in [0, 0.05) is 18.1 Å². The van der Waals surface area contributed by atoms with Crippen LogP contribution in [-0.2, 0) is 4.79 Å². The summed E-state index contributed by atoms with van der Waals surface area (Å²) in [5, 5.41) is 6.66. The molecule has 0 bridgehead atoms. The van der Waals surface area contributed by atoms with E-state index in [4.69, 9.17) is 28.6 Å². The van der Waals surface area contributed by atoms with E-state index in [1.165, 1.54) is 12.8 Å². The molecule has 0 aromatic heterocycles. The Balaban J connectivity index is 1.54. The molecule has 0 aliphatic carbocycles. The smallest absolute Gasteiger partial charge is 0.264 e. The molecule has 27 heavy (non-hydrogen) atoms. The molecule has 0 unspecified atom stereocenters. The monoisotopic (exact) mass is 403 g/mol. The lowest BCUT2D eigenvalue weighted by Crippen LogP contribution is -2.37. The third kappa shape index (κ3) is 5.34. The molecule has 2 N–H and O–H groups in total. The Labute approximate surface area is 169 Å². The molecule has 0 spiro atoms. The molecule has 2 aromatic carbocycles. The summed E-state index contributed by atoms with van der Waals surface area (Å²) in [6, 6.07) is 13.2. The number of para-hydroxylation sites is 2. The summed E-state index contributed by atoms with van der Waals surface area (Å²) >= 11 is 11.2. The molecule has 1 heterocycles. The Kier molecular flexibility index (Phi) is 6.53. The molecule has 1 aliphatic rings. The molecular weight excluding hydrogens is 382 g/mol. The highest BCUT2D eigenvalue weighted by Gasteiger charge is 2.16. The van der Waals surface area contributed by atoms with Gasteiger partial charge in [0.1, 0.15) is 5.75 Å². The Hall–Kier alpha value is -2.31. The number of benzene rings is 2. The van der Waals surface area contributed by atoms with E-state index in [0.29, 0.717) is 10.8 Å². The van der Waals surface area contributed by atoms with Gasteiger partial charge in [-0.05, 0) is 67.9 Å². The van der Waals surface area contributed by atoms with Crippen LogP contribution in [0.2, 0.25) is 5.02 Å². The summed E-state index contributed by atoms with van der Waals surface area (Å²) in [6.45, 7) is 3.82. The molecule has 2 aromatic rings. The minimum Gasteiger partial charge on any atom is -0.483 e. The minimum atomic E-state index is -0.319. The van der Waals surface area contributed by atoms with Gasteiger partial charge >= 0.3 is 0 Å². The Bertz CT molecular complexity index is 838. The lowest BCUT2D eigenvalue weighted by atomic mass is 10.2. The van der Waals surface area contributed by atoms with Crippen LogP contribution in [0.5, 0.6) is 5.75 Å². The molecular formula is C20H22ClN3O2S. The summed E-state index contributed by atoms with van der Waals surface area (Å²) in [6.07, 6.45) is 2.38. The first-order chi connectivity index (χ1) is 13.0. The van der Waals surface area contributed by atoms with E-state index in [0.717, 1.165) is 30.0 Å². The van der Waals surface area contributed by atoms with Crippen molar-refractivity contribution in [1.29, 1.82) is 0 Å². The molecule has 5 nitrogen and oxygen atoms in total. The standard InChI is InChI=1S/C20H22ClN3O2S/c1-14-12-15(21)8-9-18(14)26-13-19(25)23-20(27)22-16-6-2-3-7-17(16)24-10-4-5-11-24/h2-3,6-9,12H,4-5,10-11,13H2,1H3,(H2,22,23,25,27). The number of aryl methyl sites for hydroxylation is 1. The van der Waals surface area contributed by atoms with Gasteiger partial charge in [-0.1, -0.05) is 23.7 Å². The number of ether oxygens (including phenoxy) is 1. The number of halogens is 1. The number of thiocarbonyl (C=S) groups is 1. The first kappa shape index (κ1) is 19.5. The van der Waals surface area contributed by atoms with Crippen LogP contribution in [0.15, 0.2) is 42.5 Å². The van der Waals surface area contributed by atoms with Crippen molar-refractivity contribution in [1.82, 2.24) is 5.32 Å². The molecule has 1 saturated heterocycles. The Morgan fingerprint density at radius 3 is 2.70 bits per heavy atom. The number of rotatable bonds is 5. The molecule has 0 atom stereocenters. The van der Waals surface area contributed by atoms with Crippen molar-refractivity contribution in [3.63, 3.8) is 0 Å². The maximum Gasteiger partial charge on any atom is 0.264 e. The van der Waals surface area contributed by atoms with Crippen LogP contribution < -0.4 is 20.3 Å². The van der Waals surface area contributed by atoms with Crippen LogP contribution in [0.1, 0.15) is 18.4 Å². The second kappa shape index (κ2) is 9.06. The van der Waals surface area contributed by atoms with E-state index in [2.05, 4.69) is 21.6 Å². The van der Waals surface area contributed by atoms with Gasteiger partial charge in [0.2, 0.25) is 0 Å². The zero-order chi connectivity index (χ0) is 19.2. The third-order valence-corrected chi connectivity index (χ3v) is 4.79. The number of carbonyl (C=O) groups is 1. The summed E-state index contributed by atoms with van der Waals surface area (Å²) in [5.74, 6) is 0.299. The van der Waals surface area contributed by atoms with Gasteiger partial charge in [0.05, 0.1) is 11.4 Å². The summed E-state index contributed by atoms with van der Waals surface area (Å²) in [5.41, 5.74) is 2.86. The van der Waals surface area contributed by atoms with Crippen LogP contribution in [0.3, 0.4) is 0 Å². The van der Waals surface area contributed by atoms with Crippen LogP contribution in [0.4, 0.5) is 11.4 Å². The van der Waals surface area contributed by atoms with Crippen molar-refractivity contribution in [3.05, 3.63) is 53.1 Å². The predicted octanol–water partition coefficient (Wildman–Crippen LogP) is 4.14. The van der Waals surface area contributed by atoms with Gasteiger partial charge in [0.15, 0.2) is 11.7 Å². The fourth-order valence-electron chi connectivity index (χ4n) is 3.05. The van der Waals surface area contributed by atoms with Crippen molar-refractivity contribution in [2.24, 2.45) is 0 Å². The lowest BCUT2D eigenvalue weighted by Gasteiger charge is -2.22. The van der Waals surface area contributed by atoms with E-state index in [1.54, 1.807) is 18.2 Å². The normalized spacial score (nSPS) is 13.3. The molecule has 1 amide bonds. The molecule has 0 saturated carbocycles. The number of hydrogen-bond acceptors (Lipinski definition) is 4. The summed E-state index contributed by atoms with van der Waals surface area (Å²) in [7, 11) is 0. The fraction of sp³-hybridized carbons (Fsp3) is 0.300. The second-order valence-electron chi connectivity index (χ2n) is 6.41. The highest BCUT2D eigenvalue weighted by atomic mass is 35.5. The van der Waals surface area contributed by atoms with Gasteiger partial charge in [-0.25, -0.2) is 0 Å². The SMILES string of the molecule is Cc1cc(Cl)ccc1OCC(=O)NC(=S)Nc1ccccc1N1CCCC1. The van der Waals surface area contributed by atoms with Crippen molar-refractivity contribution in [2.75, 3.05) is 29.9 Å². The maximum absolute atomic E-state index is 12.1. The molecule has 142 valence electrons. The van der Waals surface area contributed by atoms with Gasteiger partial charge in [0.25, 0.3) is 5.91 Å². The van der Waals surface area contributed by atoms with Crippen LogP contribution >= 0.6 is 23.8 Å². The molecule has 1 aliphatic heterocycles. The van der Waals surface area contributed by atoms with Crippen molar-refractivity contribution in [3.8, 4) is 5.75 Å². The van der Waals surface area contributed by atoms with Crippen molar-refractivity contribution in [2.45, 2.75) is 19.8 Å². The first-order valence-corrected chi connectivity index (χ1v) is 9.65. The van der Waals surface area contributed by atoms with Crippen LogP contribution in [0.25, 0.3) is 0 Å². The number of carbonyl (C=O) groups excluding carboxylic acids is 1. The number of nitrogens with zero attached hydrogens (tertiary/aromatic N) is 1. The molecule has 0 radical (unpaired) electrons. The van der Waals surface area contributed by atoms with Crippen LogP contribution in [-0.4, -0.2) is 30.7 Å². The number of anilines is 2. The highest BCUT2D eigenvalue weighted by Crippen LogP contribution is 2.28. The zero-order valence-corrected chi connectivity index (χ0v) is 16.7. The fourth-order valence-corrected chi connectivity index (χ4v) is 3.50. The lowest BCUT2D eigenvalue weighted by molar-refractivity contribution is -0.121. The zero-order valence-electron chi connectivity index (χ0n) is 15.1. The van der Waals surface area contributed by atoms with E-state index >= 15 is 0 Å². The number of amides is 1. The minimum absolute atomic E-state index is 0.127. The van der Waals surface area contributed by atoms with Gasteiger partial charge in [-0.15, -0.1) is 0 Å². The van der Waals surface area contributed by atoms with Gasteiger partial charge in [-0.3, -0.25) is 10.1 Å². The topological polar surface area (TPSA) is 53.6 Å². The van der Waals surface area contributed by atoms with E-state index in [-0.39, 0.29) is 17.6 Å². The van der Waals surface area contributed by atoms with Gasteiger partial charge < -0.3 is 15.0 Å². The summed E-state index contributed by atoms with van der Waals surface area (Å²) < 4.78 is 5.54. The van der Waals surface area contributed by atoms with E-state index in [9.17, 15) is 4.79 Å². The molecule has 1 fully saturated rings. The predicted molar refractivity (Wildman–Crippen MR) is 114 cm³/mol. The van der Waals surface area contributed by atoms with E-state index in [1.807, 2.05) is 25.1 Å². The van der Waals surface area contributed by atoms with Crippen LogP contribution in [0, 0.1) is 6.92 Å². The second-order valence-corrected chi connectivity index (χ2v) is 7.26. The number of hydrogen-bond donors (Lipinski definition) is 2. The van der Waals surface area contributed by atoms with Crippen molar-refractivity contribution < 1.29 is 9.53 Å². The third-order valence-electron chi connectivity index (χ3n) is 4.35. The summed E-state index contributed by atoms with van der Waals surface area (Å²) in [4.78, 5) is 14.5. The van der Waals surface area contributed by atoms with Gasteiger partial charge in [-0.2, -0.15) is 0 Å². The molecule has 7 heteroatoms. The van der Waals surface area contributed by atoms with Crippen molar-refractivity contribution >= 4 is 46.2 Å². The largest absolute Gasteiger partial charge is 0.483 e. The average molecular weight is 404 g/mol. The maximum atomic E-state index is 12.1. The quantitative estimate of drug-likeness (QED) is 0.735. The average Bonchev–Trinajstić information content (AvgIpc) is 3.16. The Morgan fingerprint density at radius 2 is 1.96 bits per heavy atom. The number of nitrogens with one attached hydrogen (secondary N) is 2. The Morgan fingerprint density at radius 1 is 1.22 bits per heavy atom.